The summed E-state index contributed by atoms with van der Waals surface area (Å²) in [4.78, 5) is 8.14. The number of aliphatic hydroxyl groups excluding tert-OH is 1. The van der Waals surface area contributed by atoms with E-state index in [0.29, 0.717) is 23.0 Å². The van der Waals surface area contributed by atoms with E-state index >= 15 is 0 Å². The number of likely N-dealkylation sites (N-methyl/N-ethyl adjacent to an activating group) is 1. The molecule has 5 nitrogen and oxygen atoms in total. The monoisotopic (exact) mass is 226 g/mol. The Morgan fingerprint density at radius 2 is 2.47 bits per heavy atom. The molecule has 6 heteroatoms. The van der Waals surface area contributed by atoms with Gasteiger partial charge in [-0.2, -0.15) is 0 Å². The van der Waals surface area contributed by atoms with Crippen LogP contribution in [-0.4, -0.2) is 33.1 Å². The number of hydrogen-bond donors (Lipinski definition) is 2. The number of halogens is 1. The first-order valence-corrected chi connectivity index (χ1v) is 4.92. The van der Waals surface area contributed by atoms with E-state index in [1.165, 1.54) is 0 Å². The summed E-state index contributed by atoms with van der Waals surface area (Å²) in [6, 6.07) is 0. The average Bonchev–Trinajstić information content (AvgIpc) is 2.57. The minimum absolute atomic E-state index is 0.414. The minimum Gasteiger partial charge on any atom is -0.385 e. The van der Waals surface area contributed by atoms with E-state index in [-0.39, 0.29) is 0 Å². The second kappa shape index (κ2) is 4.14. The molecule has 2 rings (SSSR count). The third-order valence-corrected chi connectivity index (χ3v) is 2.49. The van der Waals surface area contributed by atoms with Gasteiger partial charge < -0.3 is 10.4 Å². The number of aliphatic hydroxyl groups is 1. The zero-order chi connectivity index (χ0) is 10.8. The average molecular weight is 227 g/mol. The Morgan fingerprint density at radius 1 is 1.67 bits per heavy atom. The van der Waals surface area contributed by atoms with E-state index in [2.05, 4.69) is 15.3 Å². The topological polar surface area (TPSA) is 62.5 Å². The largest absolute Gasteiger partial charge is 0.385 e. The normalized spacial score (nSPS) is 13.3. The molecular formula is C9H11ClN4O. The SMILES string of the molecule is CNCC(O)c1nc2cnccn2c1Cl. The fourth-order valence-electron chi connectivity index (χ4n) is 1.40. The molecule has 1 atom stereocenters. The summed E-state index contributed by atoms with van der Waals surface area (Å²) in [5.41, 5.74) is 1.10. The van der Waals surface area contributed by atoms with Crippen molar-refractivity contribution in [3.05, 3.63) is 29.4 Å². The molecule has 0 fully saturated rings. The van der Waals surface area contributed by atoms with Gasteiger partial charge in [-0.15, -0.1) is 0 Å². The summed E-state index contributed by atoms with van der Waals surface area (Å²) in [6.07, 6.45) is 4.22. The second-order valence-corrected chi connectivity index (χ2v) is 3.52. The minimum atomic E-state index is -0.706. The van der Waals surface area contributed by atoms with Crippen molar-refractivity contribution in [2.45, 2.75) is 6.10 Å². The molecule has 0 saturated carbocycles. The number of aromatic nitrogens is 3. The van der Waals surface area contributed by atoms with Gasteiger partial charge in [-0.25, -0.2) is 4.98 Å². The van der Waals surface area contributed by atoms with Crippen molar-refractivity contribution in [1.82, 2.24) is 19.7 Å². The smallest absolute Gasteiger partial charge is 0.156 e. The van der Waals surface area contributed by atoms with Crippen LogP contribution >= 0.6 is 11.6 Å². The van der Waals surface area contributed by atoms with Crippen molar-refractivity contribution >= 4 is 17.2 Å². The highest BCUT2D eigenvalue weighted by Crippen LogP contribution is 2.22. The first kappa shape index (κ1) is 10.4. The van der Waals surface area contributed by atoms with Crippen LogP contribution in [-0.2, 0) is 0 Å². The molecule has 0 saturated heterocycles. The quantitative estimate of drug-likeness (QED) is 0.806. The molecule has 0 aliphatic carbocycles. The Morgan fingerprint density at radius 3 is 3.13 bits per heavy atom. The van der Waals surface area contributed by atoms with Crippen molar-refractivity contribution in [3.63, 3.8) is 0 Å². The first-order chi connectivity index (χ1) is 7.24. The number of nitrogens with zero attached hydrogens (tertiary/aromatic N) is 3. The first-order valence-electron chi connectivity index (χ1n) is 4.54. The lowest BCUT2D eigenvalue weighted by Crippen LogP contribution is -2.17. The Labute approximate surface area is 91.7 Å². The third kappa shape index (κ3) is 1.81. The number of rotatable bonds is 3. The van der Waals surface area contributed by atoms with Crippen LogP contribution in [0.2, 0.25) is 5.15 Å². The van der Waals surface area contributed by atoms with Gasteiger partial charge in [0, 0.05) is 18.9 Å². The highest BCUT2D eigenvalue weighted by atomic mass is 35.5. The van der Waals surface area contributed by atoms with Crippen LogP contribution in [0.5, 0.6) is 0 Å². The zero-order valence-electron chi connectivity index (χ0n) is 8.18. The molecule has 2 N–H and O–H groups in total. The fourth-order valence-corrected chi connectivity index (χ4v) is 1.71. The Kier molecular flexibility index (Phi) is 2.86. The summed E-state index contributed by atoms with van der Waals surface area (Å²) in [7, 11) is 1.76. The second-order valence-electron chi connectivity index (χ2n) is 3.17. The fraction of sp³-hybridized carbons (Fsp3) is 0.333. The van der Waals surface area contributed by atoms with Gasteiger partial charge in [0.2, 0.25) is 0 Å². The Bertz CT molecular complexity index is 470. The van der Waals surface area contributed by atoms with E-state index in [1.54, 1.807) is 30.0 Å². The van der Waals surface area contributed by atoms with Gasteiger partial charge in [0.1, 0.15) is 17.0 Å². The molecular weight excluding hydrogens is 216 g/mol. The van der Waals surface area contributed by atoms with E-state index in [0.717, 1.165) is 0 Å². The van der Waals surface area contributed by atoms with Gasteiger partial charge in [-0.1, -0.05) is 11.6 Å². The molecule has 0 aliphatic rings. The van der Waals surface area contributed by atoms with Crippen molar-refractivity contribution in [3.8, 4) is 0 Å². The molecule has 0 bridgehead atoms. The zero-order valence-corrected chi connectivity index (χ0v) is 8.94. The van der Waals surface area contributed by atoms with Crippen LogP contribution in [0.15, 0.2) is 18.6 Å². The summed E-state index contributed by atoms with van der Waals surface area (Å²) < 4.78 is 1.68. The molecule has 0 aliphatic heterocycles. The number of fused-ring (bicyclic) bond motifs is 1. The highest BCUT2D eigenvalue weighted by molar-refractivity contribution is 6.30. The summed E-state index contributed by atoms with van der Waals surface area (Å²) in [5, 5.41) is 13.0. The third-order valence-electron chi connectivity index (χ3n) is 2.11. The predicted octanol–water partition coefficient (Wildman–Crippen LogP) is 0.635. The van der Waals surface area contributed by atoms with Crippen LogP contribution in [0.4, 0.5) is 0 Å². The predicted molar refractivity (Wildman–Crippen MR) is 56.9 cm³/mol. The maximum Gasteiger partial charge on any atom is 0.156 e. The van der Waals surface area contributed by atoms with E-state index in [4.69, 9.17) is 11.6 Å². The molecule has 0 radical (unpaired) electrons. The van der Waals surface area contributed by atoms with Crippen LogP contribution in [0.25, 0.3) is 5.65 Å². The lowest BCUT2D eigenvalue weighted by molar-refractivity contribution is 0.174. The highest BCUT2D eigenvalue weighted by Gasteiger charge is 2.17. The summed E-state index contributed by atoms with van der Waals surface area (Å²) in [5.74, 6) is 0. The van der Waals surface area contributed by atoms with Gasteiger partial charge in [-0.05, 0) is 7.05 Å². The number of nitrogens with one attached hydrogen (secondary N) is 1. The van der Waals surface area contributed by atoms with Crippen molar-refractivity contribution in [2.24, 2.45) is 0 Å². The Balaban J connectivity index is 2.48. The number of hydrogen-bond acceptors (Lipinski definition) is 4. The molecule has 0 spiro atoms. The molecule has 2 aromatic heterocycles. The van der Waals surface area contributed by atoms with Crippen LogP contribution in [0.1, 0.15) is 11.8 Å². The lowest BCUT2D eigenvalue weighted by atomic mass is 10.3. The molecule has 0 amide bonds. The molecule has 2 aromatic rings. The molecule has 80 valence electrons. The van der Waals surface area contributed by atoms with Gasteiger partial charge in [-0.3, -0.25) is 9.38 Å². The van der Waals surface area contributed by atoms with Gasteiger partial charge >= 0.3 is 0 Å². The van der Waals surface area contributed by atoms with Crippen molar-refractivity contribution in [1.29, 1.82) is 0 Å². The van der Waals surface area contributed by atoms with Crippen molar-refractivity contribution < 1.29 is 5.11 Å². The maximum absolute atomic E-state index is 9.76. The van der Waals surface area contributed by atoms with Crippen LogP contribution < -0.4 is 5.32 Å². The van der Waals surface area contributed by atoms with Gasteiger partial charge in [0.15, 0.2) is 5.65 Å². The molecule has 0 aromatic carbocycles. The lowest BCUT2D eigenvalue weighted by Gasteiger charge is -2.06. The summed E-state index contributed by atoms with van der Waals surface area (Å²) >= 11 is 6.07. The summed E-state index contributed by atoms with van der Waals surface area (Å²) in [6.45, 7) is 0.414. The Hall–Kier alpha value is -1.17. The number of imidazole rings is 1. The van der Waals surface area contributed by atoms with Gasteiger partial charge in [0.05, 0.1) is 6.20 Å². The maximum atomic E-state index is 9.76. The van der Waals surface area contributed by atoms with E-state index in [9.17, 15) is 5.11 Å². The van der Waals surface area contributed by atoms with Gasteiger partial charge in [0.25, 0.3) is 0 Å². The van der Waals surface area contributed by atoms with Crippen LogP contribution in [0, 0.1) is 0 Å². The van der Waals surface area contributed by atoms with E-state index < -0.39 is 6.10 Å². The molecule has 15 heavy (non-hydrogen) atoms. The van der Waals surface area contributed by atoms with E-state index in [1.807, 2.05) is 0 Å². The molecule has 1 unspecified atom stereocenters. The molecule has 2 heterocycles. The standard InChI is InChI=1S/C9H11ClN4O/c1-11-4-6(15)8-9(10)14-3-2-12-5-7(14)13-8/h2-3,5-6,11,15H,4H2,1H3. The van der Waals surface area contributed by atoms with Crippen molar-refractivity contribution in [2.75, 3.05) is 13.6 Å². The van der Waals surface area contributed by atoms with Crippen LogP contribution in [0.3, 0.4) is 0 Å².